The molecule has 4 nitrogen and oxygen atoms in total. The van der Waals surface area contributed by atoms with Crippen molar-refractivity contribution in [3.05, 3.63) is 33.0 Å². The predicted octanol–water partition coefficient (Wildman–Crippen LogP) is 3.18. The molecule has 0 spiro atoms. The Morgan fingerprint density at radius 3 is 3.32 bits per heavy atom. The van der Waals surface area contributed by atoms with Crippen LogP contribution in [-0.2, 0) is 19.5 Å². The summed E-state index contributed by atoms with van der Waals surface area (Å²) >= 11 is 7.85. The molecule has 1 atom stereocenters. The second-order valence-corrected chi connectivity index (χ2v) is 6.56. The van der Waals surface area contributed by atoms with Gasteiger partial charge in [0.1, 0.15) is 12.2 Å². The molecule has 0 fully saturated rings. The first-order valence-electron chi connectivity index (χ1n) is 6.66. The summed E-state index contributed by atoms with van der Waals surface area (Å²) < 4.78 is 2.97. The maximum atomic E-state index is 6.13. The second-order valence-electron chi connectivity index (χ2n) is 4.79. The molecule has 2 heterocycles. The van der Waals surface area contributed by atoms with Crippen molar-refractivity contribution in [3.8, 4) is 0 Å². The van der Waals surface area contributed by atoms with Gasteiger partial charge in [0.05, 0.1) is 10.9 Å². The van der Waals surface area contributed by atoms with Gasteiger partial charge in [0.25, 0.3) is 0 Å². The molecule has 0 bridgehead atoms. The number of hydrogen-bond acceptors (Lipinski definition) is 4. The molecule has 0 aromatic carbocycles. The Kier molecular flexibility index (Phi) is 3.86. The maximum Gasteiger partial charge on any atom is 0.146 e. The molecule has 102 valence electrons. The van der Waals surface area contributed by atoms with Crippen molar-refractivity contribution in [3.63, 3.8) is 0 Å². The highest BCUT2D eigenvalue weighted by Crippen LogP contribution is 2.37. The van der Waals surface area contributed by atoms with Gasteiger partial charge in [-0.3, -0.25) is 0 Å². The number of hydrogen-bond donors (Lipinski definition) is 1. The highest BCUT2D eigenvalue weighted by molar-refractivity contribution is 7.16. The van der Waals surface area contributed by atoms with Crippen LogP contribution in [0.15, 0.2) is 12.4 Å². The first-order chi connectivity index (χ1) is 9.28. The molecule has 2 aromatic rings. The van der Waals surface area contributed by atoms with Crippen molar-refractivity contribution in [2.45, 2.75) is 45.3 Å². The number of thiophene rings is 1. The van der Waals surface area contributed by atoms with Crippen LogP contribution < -0.4 is 5.32 Å². The van der Waals surface area contributed by atoms with Crippen molar-refractivity contribution < 1.29 is 0 Å². The molecule has 0 radical (unpaired) electrons. The third-order valence-corrected chi connectivity index (χ3v) is 4.97. The minimum absolute atomic E-state index is 0.398. The van der Waals surface area contributed by atoms with Crippen molar-refractivity contribution in [1.82, 2.24) is 20.1 Å². The van der Waals surface area contributed by atoms with Gasteiger partial charge in [-0.05, 0) is 37.8 Å². The average Bonchev–Trinajstić information content (AvgIpc) is 3.00. The van der Waals surface area contributed by atoms with Crippen LogP contribution in [0.1, 0.15) is 42.1 Å². The number of fused-ring (bicyclic) bond motifs is 1. The Labute approximate surface area is 121 Å². The lowest BCUT2D eigenvalue weighted by Crippen LogP contribution is -2.25. The topological polar surface area (TPSA) is 42.7 Å². The number of aryl methyl sites for hydroxylation is 2. The Hall–Kier alpha value is -0.910. The van der Waals surface area contributed by atoms with Gasteiger partial charge in [0, 0.05) is 17.5 Å². The molecule has 0 saturated carbocycles. The Morgan fingerprint density at radius 1 is 1.58 bits per heavy atom. The van der Waals surface area contributed by atoms with Crippen LogP contribution in [0.4, 0.5) is 0 Å². The van der Waals surface area contributed by atoms with E-state index in [1.807, 2.05) is 0 Å². The summed E-state index contributed by atoms with van der Waals surface area (Å²) in [7, 11) is 0. The quantitative estimate of drug-likeness (QED) is 0.942. The summed E-state index contributed by atoms with van der Waals surface area (Å²) in [5.74, 6) is 0.996. The summed E-state index contributed by atoms with van der Waals surface area (Å²) in [6.45, 7) is 3.76. The number of nitrogens with one attached hydrogen (secondary N) is 1. The van der Waals surface area contributed by atoms with E-state index in [0.29, 0.717) is 6.04 Å². The molecule has 0 amide bonds. The second kappa shape index (κ2) is 5.61. The number of halogens is 1. The SMILES string of the molecule is CCn1cnnc1CNC1CCCc2sc(Cl)cc21. The van der Waals surface area contributed by atoms with E-state index >= 15 is 0 Å². The van der Waals surface area contributed by atoms with Crippen LogP contribution in [0.5, 0.6) is 0 Å². The fourth-order valence-electron chi connectivity index (χ4n) is 2.63. The molecule has 1 unspecified atom stereocenters. The number of nitrogens with zero attached hydrogens (tertiary/aromatic N) is 3. The van der Waals surface area contributed by atoms with Crippen LogP contribution in [0, 0.1) is 0 Å². The van der Waals surface area contributed by atoms with Gasteiger partial charge in [0.15, 0.2) is 0 Å². The van der Waals surface area contributed by atoms with Crippen LogP contribution in [0.3, 0.4) is 0 Å². The minimum Gasteiger partial charge on any atom is -0.317 e. The summed E-state index contributed by atoms with van der Waals surface area (Å²) in [6, 6.07) is 2.51. The minimum atomic E-state index is 0.398. The standard InChI is InChI=1S/C13H17ClN4S/c1-2-18-8-16-17-13(18)7-15-10-4-3-5-11-9(10)6-12(14)19-11/h6,8,10,15H,2-5,7H2,1H3. The zero-order valence-electron chi connectivity index (χ0n) is 10.9. The summed E-state index contributed by atoms with van der Waals surface area (Å²) in [5.41, 5.74) is 1.38. The van der Waals surface area contributed by atoms with Crippen molar-refractivity contribution in [2.75, 3.05) is 0 Å². The highest BCUT2D eigenvalue weighted by Gasteiger charge is 2.22. The van der Waals surface area contributed by atoms with E-state index in [-0.39, 0.29) is 0 Å². The third kappa shape index (κ3) is 2.68. The molecule has 1 aliphatic carbocycles. The molecule has 3 rings (SSSR count). The lowest BCUT2D eigenvalue weighted by Gasteiger charge is -2.23. The van der Waals surface area contributed by atoms with Crippen molar-refractivity contribution in [2.24, 2.45) is 0 Å². The smallest absolute Gasteiger partial charge is 0.146 e. The third-order valence-electron chi connectivity index (χ3n) is 3.63. The van der Waals surface area contributed by atoms with Crippen LogP contribution in [-0.4, -0.2) is 14.8 Å². The largest absolute Gasteiger partial charge is 0.317 e. The molecule has 1 N–H and O–H groups in total. The van der Waals surface area contributed by atoms with E-state index in [9.17, 15) is 0 Å². The van der Waals surface area contributed by atoms with Crippen LogP contribution in [0.2, 0.25) is 4.34 Å². The van der Waals surface area contributed by atoms with Gasteiger partial charge in [-0.1, -0.05) is 11.6 Å². The molecule has 0 saturated heterocycles. The van der Waals surface area contributed by atoms with Crippen molar-refractivity contribution >= 4 is 22.9 Å². The first-order valence-corrected chi connectivity index (χ1v) is 7.85. The lowest BCUT2D eigenvalue weighted by molar-refractivity contribution is 0.450. The van der Waals surface area contributed by atoms with Gasteiger partial charge >= 0.3 is 0 Å². The van der Waals surface area contributed by atoms with Gasteiger partial charge in [-0.25, -0.2) is 0 Å². The number of rotatable bonds is 4. The fourth-order valence-corrected chi connectivity index (χ4v) is 4.01. The summed E-state index contributed by atoms with van der Waals surface area (Å²) in [5, 5.41) is 11.7. The van der Waals surface area contributed by atoms with Gasteiger partial charge in [-0.15, -0.1) is 21.5 Å². The maximum absolute atomic E-state index is 6.13. The van der Waals surface area contributed by atoms with E-state index in [2.05, 4.69) is 33.1 Å². The molecular weight excluding hydrogens is 280 g/mol. The van der Waals surface area contributed by atoms with E-state index in [1.54, 1.807) is 17.7 Å². The predicted molar refractivity (Wildman–Crippen MR) is 77.5 cm³/mol. The average molecular weight is 297 g/mol. The van der Waals surface area contributed by atoms with E-state index < -0.39 is 0 Å². The monoisotopic (exact) mass is 296 g/mol. The first kappa shape index (κ1) is 13.1. The summed E-state index contributed by atoms with van der Waals surface area (Å²) in [4.78, 5) is 1.44. The Balaban J connectivity index is 1.71. The van der Waals surface area contributed by atoms with E-state index in [0.717, 1.165) is 29.7 Å². The normalized spacial score (nSPS) is 18.5. The molecule has 1 aliphatic rings. The fraction of sp³-hybridized carbons (Fsp3) is 0.538. The van der Waals surface area contributed by atoms with E-state index in [4.69, 9.17) is 11.6 Å². The Bertz CT molecular complexity index is 563. The van der Waals surface area contributed by atoms with Crippen LogP contribution in [0.25, 0.3) is 0 Å². The van der Waals surface area contributed by atoms with Gasteiger partial charge in [0.2, 0.25) is 0 Å². The molecule has 19 heavy (non-hydrogen) atoms. The highest BCUT2D eigenvalue weighted by atomic mass is 35.5. The van der Waals surface area contributed by atoms with E-state index in [1.165, 1.54) is 23.3 Å². The molecule has 2 aromatic heterocycles. The molecular formula is C13H17ClN4S. The number of aromatic nitrogens is 3. The van der Waals surface area contributed by atoms with Gasteiger partial charge < -0.3 is 9.88 Å². The lowest BCUT2D eigenvalue weighted by atomic mass is 9.94. The zero-order chi connectivity index (χ0) is 13.2. The van der Waals surface area contributed by atoms with Gasteiger partial charge in [-0.2, -0.15) is 0 Å². The van der Waals surface area contributed by atoms with Crippen LogP contribution >= 0.6 is 22.9 Å². The van der Waals surface area contributed by atoms with Crippen molar-refractivity contribution in [1.29, 1.82) is 0 Å². The molecule has 6 heteroatoms. The summed E-state index contributed by atoms with van der Waals surface area (Å²) in [6.07, 6.45) is 5.34. The Morgan fingerprint density at radius 2 is 2.47 bits per heavy atom. The zero-order valence-corrected chi connectivity index (χ0v) is 12.5. The molecule has 0 aliphatic heterocycles.